The van der Waals surface area contributed by atoms with Crippen LogP contribution in [0.25, 0.3) is 16.9 Å². The predicted molar refractivity (Wildman–Crippen MR) is 123 cm³/mol. The second kappa shape index (κ2) is 10.0. The molecule has 9 heteroatoms. The van der Waals surface area contributed by atoms with Crippen molar-refractivity contribution in [2.24, 2.45) is 0 Å². The highest BCUT2D eigenvalue weighted by molar-refractivity contribution is 6.08. The molecule has 1 amide bonds. The summed E-state index contributed by atoms with van der Waals surface area (Å²) < 4.78 is 42.0. The molecule has 0 aliphatic carbocycles. The van der Waals surface area contributed by atoms with Gasteiger partial charge in [0.15, 0.2) is 11.5 Å². The van der Waals surface area contributed by atoms with E-state index in [9.17, 15) is 13.6 Å². The van der Waals surface area contributed by atoms with Gasteiger partial charge in [-0.2, -0.15) is 13.9 Å². The number of halogens is 2. The molecule has 0 spiro atoms. The van der Waals surface area contributed by atoms with Crippen LogP contribution in [0.1, 0.15) is 10.4 Å². The lowest BCUT2D eigenvalue weighted by Crippen LogP contribution is -2.13. The van der Waals surface area contributed by atoms with Crippen LogP contribution in [0, 0.1) is 0 Å². The normalized spacial score (nSPS) is 10.7. The molecule has 7 nitrogen and oxygen atoms in total. The van der Waals surface area contributed by atoms with Gasteiger partial charge in [-0.1, -0.05) is 30.3 Å². The molecule has 4 aromatic rings. The number of amides is 1. The highest BCUT2D eigenvalue weighted by Crippen LogP contribution is 2.32. The lowest BCUT2D eigenvalue weighted by Gasteiger charge is -2.12. The summed E-state index contributed by atoms with van der Waals surface area (Å²) in [6, 6.07) is 20.8. The Kier molecular flexibility index (Phi) is 6.72. The van der Waals surface area contributed by atoms with Gasteiger partial charge in [-0.3, -0.25) is 4.79 Å². The smallest absolute Gasteiger partial charge is 0.387 e. The fourth-order valence-corrected chi connectivity index (χ4v) is 3.38. The van der Waals surface area contributed by atoms with Crippen molar-refractivity contribution in [2.75, 3.05) is 19.5 Å². The van der Waals surface area contributed by atoms with E-state index in [0.29, 0.717) is 17.0 Å². The third kappa shape index (κ3) is 4.98. The Morgan fingerprint density at radius 1 is 0.941 bits per heavy atom. The maximum Gasteiger partial charge on any atom is 0.387 e. The zero-order valence-corrected chi connectivity index (χ0v) is 18.4. The van der Waals surface area contributed by atoms with Crippen LogP contribution in [0.3, 0.4) is 0 Å². The van der Waals surface area contributed by atoms with Crippen LogP contribution in [0.4, 0.5) is 14.5 Å². The van der Waals surface area contributed by atoms with Gasteiger partial charge in [-0.05, 0) is 36.4 Å². The summed E-state index contributed by atoms with van der Waals surface area (Å²) in [6.45, 7) is -3.04. The van der Waals surface area contributed by atoms with Crippen LogP contribution < -0.4 is 19.5 Å². The molecule has 0 fully saturated rings. The second-order valence-electron chi connectivity index (χ2n) is 7.10. The first-order chi connectivity index (χ1) is 16.5. The summed E-state index contributed by atoms with van der Waals surface area (Å²) in [5, 5.41) is 7.35. The van der Waals surface area contributed by atoms with Crippen LogP contribution >= 0.6 is 0 Å². The van der Waals surface area contributed by atoms with Crippen LogP contribution in [0.15, 0.2) is 79.0 Å². The topological polar surface area (TPSA) is 74.6 Å². The van der Waals surface area contributed by atoms with E-state index in [0.717, 1.165) is 5.69 Å². The minimum absolute atomic E-state index is 0.118. The molecule has 0 atom stereocenters. The number of carbonyl (C=O) groups excluding carboxylic acids is 1. The number of nitrogens with zero attached hydrogens (tertiary/aromatic N) is 2. The molecule has 3 aromatic carbocycles. The molecule has 1 aromatic heterocycles. The standard InChI is InChI=1S/C25H21F2N3O4/c1-32-19-10-6-7-16(13-19)23-20(15-30(29-23)18-8-4-3-5-9-18)24(31)28-17-11-12-21(33-2)22(14-17)34-25(26)27/h3-15,25H,1-2H3,(H,28,31). The van der Waals surface area contributed by atoms with Gasteiger partial charge in [0.25, 0.3) is 5.91 Å². The minimum atomic E-state index is -3.04. The number of hydrogen-bond donors (Lipinski definition) is 1. The Morgan fingerprint density at radius 3 is 2.44 bits per heavy atom. The van der Waals surface area contributed by atoms with Crippen molar-refractivity contribution >= 4 is 11.6 Å². The molecular formula is C25H21F2N3O4. The van der Waals surface area contributed by atoms with Crippen molar-refractivity contribution in [3.05, 3.63) is 84.6 Å². The van der Waals surface area contributed by atoms with Crippen LogP contribution in [-0.4, -0.2) is 36.5 Å². The number of para-hydroxylation sites is 1. The minimum Gasteiger partial charge on any atom is -0.497 e. The molecule has 174 valence electrons. The van der Waals surface area contributed by atoms with Crippen LogP contribution in [-0.2, 0) is 0 Å². The van der Waals surface area contributed by atoms with Crippen LogP contribution in [0.2, 0.25) is 0 Å². The predicted octanol–water partition coefficient (Wildman–Crippen LogP) is 5.41. The molecule has 4 rings (SSSR count). The van der Waals surface area contributed by atoms with Crippen molar-refractivity contribution in [1.29, 1.82) is 0 Å². The van der Waals surface area contributed by atoms with Gasteiger partial charge in [0.1, 0.15) is 11.4 Å². The number of carbonyl (C=O) groups is 1. The highest BCUT2D eigenvalue weighted by Gasteiger charge is 2.20. The summed E-state index contributed by atoms with van der Waals surface area (Å²) in [5.41, 5.74) is 2.41. The average molecular weight is 465 g/mol. The fourth-order valence-electron chi connectivity index (χ4n) is 3.38. The number of anilines is 1. The van der Waals surface area contributed by atoms with Crippen molar-refractivity contribution < 1.29 is 27.8 Å². The molecule has 0 radical (unpaired) electrons. The van der Waals surface area contributed by atoms with E-state index in [1.165, 1.54) is 25.3 Å². The van der Waals surface area contributed by atoms with E-state index in [1.807, 2.05) is 36.4 Å². The molecular weight excluding hydrogens is 444 g/mol. The number of hydrogen-bond acceptors (Lipinski definition) is 5. The van der Waals surface area contributed by atoms with Crippen molar-refractivity contribution in [3.63, 3.8) is 0 Å². The lowest BCUT2D eigenvalue weighted by atomic mass is 10.1. The molecule has 1 heterocycles. The van der Waals surface area contributed by atoms with E-state index in [4.69, 9.17) is 9.47 Å². The zero-order chi connectivity index (χ0) is 24.1. The Morgan fingerprint density at radius 2 is 1.74 bits per heavy atom. The third-order valence-corrected chi connectivity index (χ3v) is 4.96. The summed E-state index contributed by atoms with van der Waals surface area (Å²) in [4.78, 5) is 13.3. The molecule has 0 aliphatic heterocycles. The first-order valence-electron chi connectivity index (χ1n) is 10.2. The number of ether oxygens (including phenoxy) is 3. The largest absolute Gasteiger partial charge is 0.497 e. The molecule has 0 bridgehead atoms. The average Bonchev–Trinajstić information content (AvgIpc) is 3.30. The molecule has 0 unspecified atom stereocenters. The van der Waals surface area contributed by atoms with Gasteiger partial charge >= 0.3 is 6.61 Å². The molecule has 34 heavy (non-hydrogen) atoms. The molecule has 0 saturated carbocycles. The second-order valence-corrected chi connectivity index (χ2v) is 7.10. The maximum atomic E-state index is 13.3. The lowest BCUT2D eigenvalue weighted by molar-refractivity contribution is -0.0511. The van der Waals surface area contributed by atoms with Gasteiger partial charge in [0.05, 0.1) is 25.5 Å². The van der Waals surface area contributed by atoms with E-state index < -0.39 is 12.5 Å². The van der Waals surface area contributed by atoms with Crippen molar-refractivity contribution in [3.8, 4) is 34.2 Å². The number of aromatic nitrogens is 2. The maximum absolute atomic E-state index is 13.3. The van der Waals surface area contributed by atoms with Gasteiger partial charge in [-0.25, -0.2) is 4.68 Å². The molecule has 0 aliphatic rings. The van der Waals surface area contributed by atoms with Crippen molar-refractivity contribution in [2.45, 2.75) is 6.61 Å². The Bertz CT molecular complexity index is 1290. The van der Waals surface area contributed by atoms with Crippen LogP contribution in [0.5, 0.6) is 17.2 Å². The Labute approximate surface area is 194 Å². The summed E-state index contributed by atoms with van der Waals surface area (Å²) in [7, 11) is 2.89. The third-order valence-electron chi connectivity index (χ3n) is 4.96. The van der Waals surface area contributed by atoms with E-state index in [2.05, 4.69) is 15.2 Å². The molecule has 1 N–H and O–H groups in total. The quantitative estimate of drug-likeness (QED) is 0.377. The summed E-state index contributed by atoms with van der Waals surface area (Å²) in [5.74, 6) is 0.0609. The number of nitrogens with one attached hydrogen (secondary N) is 1. The Hall–Kier alpha value is -4.40. The first-order valence-corrected chi connectivity index (χ1v) is 10.2. The van der Waals surface area contributed by atoms with Gasteiger partial charge in [-0.15, -0.1) is 0 Å². The molecule has 0 saturated heterocycles. The van der Waals surface area contributed by atoms with E-state index in [-0.39, 0.29) is 22.7 Å². The van der Waals surface area contributed by atoms with E-state index in [1.54, 1.807) is 36.2 Å². The fraction of sp³-hybridized carbons (Fsp3) is 0.120. The number of methoxy groups -OCH3 is 2. The van der Waals surface area contributed by atoms with Gasteiger partial charge < -0.3 is 19.5 Å². The summed E-state index contributed by atoms with van der Waals surface area (Å²) >= 11 is 0. The number of rotatable bonds is 8. The van der Waals surface area contributed by atoms with Gasteiger partial charge in [0, 0.05) is 23.5 Å². The highest BCUT2D eigenvalue weighted by atomic mass is 19.3. The number of alkyl halides is 2. The van der Waals surface area contributed by atoms with Crippen molar-refractivity contribution in [1.82, 2.24) is 9.78 Å². The zero-order valence-electron chi connectivity index (χ0n) is 18.4. The first kappa shape index (κ1) is 22.8. The van der Waals surface area contributed by atoms with E-state index >= 15 is 0 Å². The SMILES string of the molecule is COc1cccc(-c2nn(-c3ccccc3)cc2C(=O)Nc2ccc(OC)c(OC(F)F)c2)c1. The monoisotopic (exact) mass is 465 g/mol. The van der Waals surface area contributed by atoms with Gasteiger partial charge in [0.2, 0.25) is 0 Å². The summed E-state index contributed by atoms with van der Waals surface area (Å²) in [6.07, 6.45) is 1.61. The number of benzene rings is 3. The Balaban J connectivity index is 1.72.